The van der Waals surface area contributed by atoms with Crippen molar-refractivity contribution in [3.63, 3.8) is 0 Å². The maximum absolute atomic E-state index is 11.8. The molecule has 0 aliphatic heterocycles. The molecule has 20 heavy (non-hydrogen) atoms. The zero-order valence-corrected chi connectivity index (χ0v) is 12.5. The predicted octanol–water partition coefficient (Wildman–Crippen LogP) is 3.40. The van der Waals surface area contributed by atoms with Crippen molar-refractivity contribution in [3.05, 3.63) is 45.7 Å². The molecule has 1 N–H and O–H groups in total. The molecule has 1 aromatic carbocycles. The van der Waals surface area contributed by atoms with Crippen LogP contribution in [0.1, 0.15) is 16.1 Å². The number of carbonyl (C=O) groups is 3. The molecule has 0 unspecified atom stereocenters. The van der Waals surface area contributed by atoms with E-state index in [0.29, 0.717) is 4.88 Å². The molecular weight excluding hydrogens is 344 g/mol. The molecular formula is C14H9BrO4S. The van der Waals surface area contributed by atoms with Gasteiger partial charge in [0.15, 0.2) is 5.78 Å². The zero-order chi connectivity index (χ0) is 14.7. The number of hydrogen-bond acceptors (Lipinski definition) is 4. The van der Waals surface area contributed by atoms with Gasteiger partial charge in [0.2, 0.25) is 5.78 Å². The van der Waals surface area contributed by atoms with Gasteiger partial charge < -0.3 is 5.11 Å². The zero-order valence-electron chi connectivity index (χ0n) is 10.1. The molecule has 2 aromatic rings. The van der Waals surface area contributed by atoms with Crippen molar-refractivity contribution in [1.29, 1.82) is 0 Å². The summed E-state index contributed by atoms with van der Waals surface area (Å²) in [5.74, 6) is -3.14. The fourth-order valence-corrected chi connectivity index (χ4v) is 2.78. The van der Waals surface area contributed by atoms with Gasteiger partial charge in [-0.15, -0.1) is 11.3 Å². The molecule has 4 nitrogen and oxygen atoms in total. The lowest BCUT2D eigenvalue weighted by atomic mass is 10.1. The Morgan fingerprint density at radius 1 is 1.05 bits per heavy atom. The van der Waals surface area contributed by atoms with Gasteiger partial charge in [-0.2, -0.15) is 0 Å². The molecule has 0 bridgehead atoms. The van der Waals surface area contributed by atoms with Gasteiger partial charge in [0, 0.05) is 9.35 Å². The van der Waals surface area contributed by atoms with Crippen molar-refractivity contribution in [2.45, 2.75) is 6.42 Å². The number of rotatable bonds is 5. The van der Waals surface area contributed by atoms with Crippen LogP contribution in [0.2, 0.25) is 0 Å². The predicted molar refractivity (Wildman–Crippen MR) is 79.0 cm³/mol. The van der Waals surface area contributed by atoms with Crippen molar-refractivity contribution >= 4 is 44.8 Å². The summed E-state index contributed by atoms with van der Waals surface area (Å²) in [6.07, 6.45) is -0.602. The Kier molecular flexibility index (Phi) is 4.46. The number of aliphatic carboxylic acids is 1. The van der Waals surface area contributed by atoms with Crippen molar-refractivity contribution in [3.8, 4) is 10.4 Å². The van der Waals surface area contributed by atoms with E-state index in [1.54, 1.807) is 12.1 Å². The molecule has 0 amide bonds. The maximum Gasteiger partial charge on any atom is 0.372 e. The highest BCUT2D eigenvalue weighted by atomic mass is 79.9. The third kappa shape index (κ3) is 3.40. The minimum atomic E-state index is -1.58. The first-order chi connectivity index (χ1) is 9.47. The number of carboxylic acid groups (broad SMARTS) is 1. The third-order valence-corrected chi connectivity index (χ3v) is 4.27. The minimum absolute atomic E-state index is 0.387. The lowest BCUT2D eigenvalue weighted by Gasteiger charge is -1.97. The molecule has 1 aromatic heterocycles. The van der Waals surface area contributed by atoms with Crippen LogP contribution in [0, 0.1) is 0 Å². The van der Waals surface area contributed by atoms with Gasteiger partial charge in [-0.25, -0.2) is 4.79 Å². The highest BCUT2D eigenvalue weighted by Crippen LogP contribution is 2.29. The van der Waals surface area contributed by atoms with Crippen LogP contribution in [0.4, 0.5) is 0 Å². The van der Waals surface area contributed by atoms with E-state index in [9.17, 15) is 14.4 Å². The standard InChI is InChI=1S/C14H9BrO4S/c15-9-3-1-8(2-4-9)12-5-6-13(20-12)10(16)7-11(17)14(18)19/h1-6H,7H2,(H,18,19). The van der Waals surface area contributed by atoms with E-state index in [1.165, 1.54) is 11.3 Å². The fraction of sp³-hybridized carbons (Fsp3) is 0.0714. The van der Waals surface area contributed by atoms with E-state index in [2.05, 4.69) is 15.9 Å². The van der Waals surface area contributed by atoms with Gasteiger partial charge in [-0.3, -0.25) is 9.59 Å². The van der Waals surface area contributed by atoms with Gasteiger partial charge in [-0.05, 0) is 29.8 Å². The number of Topliss-reactive ketones (excluding diaryl/α,β-unsaturated/α-hetero) is 2. The second-order valence-electron chi connectivity index (χ2n) is 4.00. The van der Waals surface area contributed by atoms with Crippen LogP contribution in [0.5, 0.6) is 0 Å². The van der Waals surface area contributed by atoms with Gasteiger partial charge in [-0.1, -0.05) is 28.1 Å². The van der Waals surface area contributed by atoms with Crippen LogP contribution >= 0.6 is 27.3 Å². The Balaban J connectivity index is 2.16. The molecule has 0 aliphatic rings. The summed E-state index contributed by atoms with van der Waals surface area (Å²) in [5.41, 5.74) is 0.960. The molecule has 2 rings (SSSR count). The van der Waals surface area contributed by atoms with Crippen molar-refractivity contribution in [2.75, 3.05) is 0 Å². The molecule has 0 radical (unpaired) electrons. The van der Waals surface area contributed by atoms with E-state index in [4.69, 9.17) is 5.11 Å². The van der Waals surface area contributed by atoms with E-state index in [-0.39, 0.29) is 0 Å². The molecule has 0 aliphatic carbocycles. The van der Waals surface area contributed by atoms with Crippen molar-refractivity contribution < 1.29 is 19.5 Å². The van der Waals surface area contributed by atoms with Crippen molar-refractivity contribution in [2.24, 2.45) is 0 Å². The average Bonchev–Trinajstić information content (AvgIpc) is 2.89. The Morgan fingerprint density at radius 3 is 2.30 bits per heavy atom. The Hall–Kier alpha value is -1.79. The first-order valence-corrected chi connectivity index (χ1v) is 7.23. The topological polar surface area (TPSA) is 71.4 Å². The Labute approximate surface area is 127 Å². The van der Waals surface area contributed by atoms with Gasteiger partial charge in [0.1, 0.15) is 0 Å². The van der Waals surface area contributed by atoms with Crippen LogP contribution in [-0.4, -0.2) is 22.6 Å². The van der Waals surface area contributed by atoms with Crippen molar-refractivity contribution in [1.82, 2.24) is 0 Å². The average molecular weight is 353 g/mol. The normalized spacial score (nSPS) is 10.2. The number of hydrogen-bond donors (Lipinski definition) is 1. The lowest BCUT2D eigenvalue weighted by Crippen LogP contribution is -2.16. The molecule has 1 heterocycles. The summed E-state index contributed by atoms with van der Waals surface area (Å²) >= 11 is 4.59. The van der Waals surface area contributed by atoms with Crippen LogP contribution in [-0.2, 0) is 9.59 Å². The highest BCUT2D eigenvalue weighted by Gasteiger charge is 2.19. The van der Waals surface area contributed by atoms with E-state index >= 15 is 0 Å². The Morgan fingerprint density at radius 2 is 1.70 bits per heavy atom. The first-order valence-electron chi connectivity index (χ1n) is 5.62. The molecule has 6 heteroatoms. The Bertz CT molecular complexity index is 673. The highest BCUT2D eigenvalue weighted by molar-refractivity contribution is 9.10. The summed E-state index contributed by atoms with van der Waals surface area (Å²) < 4.78 is 0.959. The van der Waals surface area contributed by atoms with Gasteiger partial charge in [0.25, 0.3) is 0 Å². The summed E-state index contributed by atoms with van der Waals surface area (Å²) in [5, 5.41) is 8.48. The van der Waals surface area contributed by atoms with E-state index < -0.39 is 24.0 Å². The quantitative estimate of drug-likeness (QED) is 0.508. The number of halogens is 1. The van der Waals surface area contributed by atoms with E-state index in [0.717, 1.165) is 14.9 Å². The van der Waals surface area contributed by atoms with Crippen LogP contribution < -0.4 is 0 Å². The van der Waals surface area contributed by atoms with Crippen LogP contribution in [0.15, 0.2) is 40.9 Å². The summed E-state index contributed by atoms with van der Waals surface area (Å²) in [6.45, 7) is 0. The smallest absolute Gasteiger partial charge is 0.372 e. The van der Waals surface area contributed by atoms with Crippen LogP contribution in [0.3, 0.4) is 0 Å². The maximum atomic E-state index is 11.8. The molecule has 0 saturated carbocycles. The first kappa shape index (κ1) is 14.6. The van der Waals surface area contributed by atoms with Gasteiger partial charge >= 0.3 is 5.97 Å². The van der Waals surface area contributed by atoms with Gasteiger partial charge in [0.05, 0.1) is 11.3 Å². The number of carbonyl (C=O) groups excluding carboxylic acids is 2. The summed E-state index contributed by atoms with van der Waals surface area (Å²) in [7, 11) is 0. The fourth-order valence-electron chi connectivity index (χ4n) is 1.57. The largest absolute Gasteiger partial charge is 0.475 e. The number of ketones is 2. The monoisotopic (exact) mass is 352 g/mol. The molecule has 0 atom stereocenters. The summed E-state index contributed by atoms with van der Waals surface area (Å²) in [4.78, 5) is 34.5. The summed E-state index contributed by atoms with van der Waals surface area (Å²) in [6, 6.07) is 11.0. The lowest BCUT2D eigenvalue weighted by molar-refractivity contribution is -0.148. The van der Waals surface area contributed by atoms with Crippen LogP contribution in [0.25, 0.3) is 10.4 Å². The second-order valence-corrected chi connectivity index (χ2v) is 6.00. The molecule has 0 spiro atoms. The molecule has 102 valence electrons. The number of thiophene rings is 1. The SMILES string of the molecule is O=C(O)C(=O)CC(=O)c1ccc(-c2ccc(Br)cc2)s1. The third-order valence-electron chi connectivity index (χ3n) is 2.57. The molecule has 0 fully saturated rings. The number of benzene rings is 1. The van der Waals surface area contributed by atoms with E-state index in [1.807, 2.05) is 24.3 Å². The minimum Gasteiger partial charge on any atom is -0.475 e. The second kappa shape index (κ2) is 6.11. The number of carboxylic acids is 1. The molecule has 0 saturated heterocycles.